The molecule has 0 atom stereocenters. The molecule has 25 heavy (non-hydrogen) atoms. The number of Topliss-reactive ketones (excluding diaryl/α,β-unsaturated/α-hetero) is 1. The maximum atomic E-state index is 12.4. The second-order valence-corrected chi connectivity index (χ2v) is 7.93. The molecule has 0 fully saturated rings. The SMILES string of the molecule is COc1ccc(CC(=O)c2csc(Cl)c2)c(NC(=O)OC(C)(C)C)c1. The van der Waals surface area contributed by atoms with Gasteiger partial charge in [0.15, 0.2) is 5.78 Å². The van der Waals surface area contributed by atoms with E-state index >= 15 is 0 Å². The Bertz CT molecular complexity index is 780. The van der Waals surface area contributed by atoms with Crippen molar-refractivity contribution in [3.05, 3.63) is 45.1 Å². The number of amides is 1. The van der Waals surface area contributed by atoms with Gasteiger partial charge >= 0.3 is 6.09 Å². The maximum Gasteiger partial charge on any atom is 0.412 e. The van der Waals surface area contributed by atoms with Crippen LogP contribution in [-0.4, -0.2) is 24.6 Å². The highest BCUT2D eigenvalue weighted by atomic mass is 35.5. The first-order valence-electron chi connectivity index (χ1n) is 7.62. The first-order chi connectivity index (χ1) is 11.7. The third kappa shape index (κ3) is 5.76. The Morgan fingerprint density at radius 2 is 1.96 bits per heavy atom. The first-order valence-corrected chi connectivity index (χ1v) is 8.88. The fourth-order valence-electron chi connectivity index (χ4n) is 2.10. The van der Waals surface area contributed by atoms with Gasteiger partial charge in [0.25, 0.3) is 0 Å². The van der Waals surface area contributed by atoms with Crippen molar-refractivity contribution in [1.82, 2.24) is 0 Å². The Kier molecular flexibility index (Phi) is 6.08. The van der Waals surface area contributed by atoms with Crippen LogP contribution in [0.25, 0.3) is 0 Å². The lowest BCUT2D eigenvalue weighted by atomic mass is 10.0. The number of ketones is 1. The fraction of sp³-hybridized carbons (Fsp3) is 0.333. The molecule has 1 aromatic heterocycles. The molecule has 1 N–H and O–H groups in total. The lowest BCUT2D eigenvalue weighted by Crippen LogP contribution is -2.27. The molecule has 0 spiro atoms. The standard InChI is InChI=1S/C18H20ClNO4S/c1-18(2,3)24-17(22)20-14-9-13(23-4)6-5-11(14)7-15(21)12-8-16(19)25-10-12/h5-6,8-10H,7H2,1-4H3,(H,20,22). The minimum atomic E-state index is -0.619. The van der Waals surface area contributed by atoms with Crippen LogP contribution in [0.5, 0.6) is 5.75 Å². The molecule has 1 heterocycles. The van der Waals surface area contributed by atoms with E-state index < -0.39 is 11.7 Å². The third-order valence-electron chi connectivity index (χ3n) is 3.19. The van der Waals surface area contributed by atoms with Gasteiger partial charge < -0.3 is 9.47 Å². The molecule has 5 nitrogen and oxygen atoms in total. The summed E-state index contributed by atoms with van der Waals surface area (Å²) in [6.07, 6.45) is -0.463. The minimum Gasteiger partial charge on any atom is -0.497 e. The summed E-state index contributed by atoms with van der Waals surface area (Å²) in [6, 6.07) is 6.78. The number of methoxy groups -OCH3 is 1. The van der Waals surface area contributed by atoms with Crippen LogP contribution in [0.2, 0.25) is 4.34 Å². The molecule has 1 amide bonds. The molecule has 0 aliphatic heterocycles. The van der Waals surface area contributed by atoms with Gasteiger partial charge in [-0.2, -0.15) is 0 Å². The average molecular weight is 382 g/mol. The summed E-state index contributed by atoms with van der Waals surface area (Å²) in [5.41, 5.74) is 1.07. The fourth-order valence-corrected chi connectivity index (χ4v) is 2.98. The highest BCUT2D eigenvalue weighted by molar-refractivity contribution is 7.14. The lowest BCUT2D eigenvalue weighted by molar-refractivity contribution is 0.0635. The van der Waals surface area contributed by atoms with E-state index in [-0.39, 0.29) is 12.2 Å². The highest BCUT2D eigenvalue weighted by Crippen LogP contribution is 2.26. The van der Waals surface area contributed by atoms with E-state index in [0.29, 0.717) is 26.9 Å². The van der Waals surface area contributed by atoms with Gasteiger partial charge in [0.1, 0.15) is 11.4 Å². The molecule has 7 heteroatoms. The first kappa shape index (κ1) is 19.3. The van der Waals surface area contributed by atoms with E-state index in [2.05, 4.69) is 5.32 Å². The van der Waals surface area contributed by atoms with Crippen LogP contribution in [0.4, 0.5) is 10.5 Å². The molecular weight excluding hydrogens is 362 g/mol. The molecule has 2 rings (SSSR count). The van der Waals surface area contributed by atoms with Gasteiger partial charge in [-0.3, -0.25) is 10.1 Å². The predicted octanol–water partition coefficient (Wildman–Crippen LogP) is 5.18. The zero-order chi connectivity index (χ0) is 18.6. The van der Waals surface area contributed by atoms with Gasteiger partial charge in [-0.1, -0.05) is 17.7 Å². The second-order valence-electron chi connectivity index (χ2n) is 6.39. The number of rotatable bonds is 5. The summed E-state index contributed by atoms with van der Waals surface area (Å²) in [4.78, 5) is 24.5. The van der Waals surface area contributed by atoms with Gasteiger partial charge in [0.05, 0.1) is 17.1 Å². The van der Waals surface area contributed by atoms with Crippen molar-refractivity contribution < 1.29 is 19.1 Å². The number of hydrogen-bond acceptors (Lipinski definition) is 5. The molecular formula is C18H20ClNO4S. The zero-order valence-electron chi connectivity index (χ0n) is 14.5. The van der Waals surface area contributed by atoms with Crippen LogP contribution in [-0.2, 0) is 11.2 Å². The summed E-state index contributed by atoms with van der Waals surface area (Å²) in [5.74, 6) is 0.487. The monoisotopic (exact) mass is 381 g/mol. The predicted molar refractivity (Wildman–Crippen MR) is 100 cm³/mol. The molecule has 0 unspecified atom stereocenters. The smallest absolute Gasteiger partial charge is 0.412 e. The van der Waals surface area contributed by atoms with Crippen LogP contribution in [0.1, 0.15) is 36.7 Å². The van der Waals surface area contributed by atoms with Crippen molar-refractivity contribution in [1.29, 1.82) is 0 Å². The second kappa shape index (κ2) is 7.89. The topological polar surface area (TPSA) is 64.6 Å². The Morgan fingerprint density at radius 1 is 1.24 bits per heavy atom. The van der Waals surface area contributed by atoms with Gasteiger partial charge in [-0.25, -0.2) is 4.79 Å². The minimum absolute atomic E-state index is 0.0828. The number of nitrogens with one attached hydrogen (secondary N) is 1. The number of anilines is 1. The molecule has 0 aliphatic rings. The molecule has 0 radical (unpaired) electrons. The van der Waals surface area contributed by atoms with E-state index in [1.165, 1.54) is 18.4 Å². The van der Waals surface area contributed by atoms with Crippen molar-refractivity contribution in [2.75, 3.05) is 12.4 Å². The van der Waals surface area contributed by atoms with Gasteiger partial charge in [-0.15, -0.1) is 11.3 Å². The highest BCUT2D eigenvalue weighted by Gasteiger charge is 2.19. The van der Waals surface area contributed by atoms with Crippen LogP contribution in [0.15, 0.2) is 29.6 Å². The lowest BCUT2D eigenvalue weighted by Gasteiger charge is -2.20. The van der Waals surface area contributed by atoms with Crippen molar-refractivity contribution in [3.63, 3.8) is 0 Å². The quantitative estimate of drug-likeness (QED) is 0.724. The number of carbonyl (C=O) groups is 2. The Morgan fingerprint density at radius 3 is 2.52 bits per heavy atom. The number of ether oxygens (including phenoxy) is 2. The number of thiophene rings is 1. The van der Waals surface area contributed by atoms with Gasteiger partial charge in [-0.05, 0) is 38.5 Å². The summed E-state index contributed by atoms with van der Waals surface area (Å²) in [7, 11) is 1.53. The third-order valence-corrected chi connectivity index (χ3v) is 4.28. The van der Waals surface area contributed by atoms with E-state index in [0.717, 1.165) is 0 Å². The van der Waals surface area contributed by atoms with Crippen LogP contribution in [0, 0.1) is 0 Å². The molecule has 0 bridgehead atoms. The van der Waals surface area contributed by atoms with Crippen LogP contribution < -0.4 is 10.1 Å². The Labute approximate surface area is 155 Å². The summed E-state index contributed by atoms with van der Waals surface area (Å²) in [6.45, 7) is 5.34. The van der Waals surface area contributed by atoms with Gasteiger partial charge in [0.2, 0.25) is 0 Å². The normalized spacial score (nSPS) is 11.1. The Balaban J connectivity index is 2.22. The zero-order valence-corrected chi connectivity index (χ0v) is 16.1. The van der Waals surface area contributed by atoms with Crippen molar-refractivity contribution >= 4 is 40.5 Å². The average Bonchev–Trinajstić information content (AvgIpc) is 2.93. The number of halogens is 1. The molecule has 0 saturated carbocycles. The van der Waals surface area contributed by atoms with E-state index in [9.17, 15) is 9.59 Å². The molecule has 2 aromatic rings. The number of hydrogen-bond donors (Lipinski definition) is 1. The number of carbonyl (C=O) groups excluding carboxylic acids is 2. The summed E-state index contributed by atoms with van der Waals surface area (Å²) < 4.78 is 11.0. The summed E-state index contributed by atoms with van der Waals surface area (Å²) >= 11 is 7.19. The van der Waals surface area contributed by atoms with E-state index in [1.807, 2.05) is 0 Å². The molecule has 0 aliphatic carbocycles. The van der Waals surface area contributed by atoms with E-state index in [4.69, 9.17) is 21.1 Å². The largest absolute Gasteiger partial charge is 0.497 e. The molecule has 0 saturated heterocycles. The summed E-state index contributed by atoms with van der Waals surface area (Å²) in [5, 5.41) is 4.40. The number of benzene rings is 1. The molecule has 134 valence electrons. The van der Waals surface area contributed by atoms with E-state index in [1.54, 1.807) is 50.4 Å². The van der Waals surface area contributed by atoms with Crippen LogP contribution in [0.3, 0.4) is 0 Å². The molecule has 1 aromatic carbocycles. The van der Waals surface area contributed by atoms with Gasteiger partial charge in [0, 0.05) is 23.4 Å². The van der Waals surface area contributed by atoms with Crippen molar-refractivity contribution in [3.8, 4) is 5.75 Å². The van der Waals surface area contributed by atoms with Crippen molar-refractivity contribution in [2.45, 2.75) is 32.8 Å². The van der Waals surface area contributed by atoms with Crippen molar-refractivity contribution in [2.24, 2.45) is 0 Å². The Hall–Kier alpha value is -2.05. The maximum absolute atomic E-state index is 12.4. The van der Waals surface area contributed by atoms with Crippen LogP contribution >= 0.6 is 22.9 Å².